The summed E-state index contributed by atoms with van der Waals surface area (Å²) < 4.78 is 5.29. The van der Waals surface area contributed by atoms with Crippen molar-refractivity contribution in [1.29, 1.82) is 0 Å². The lowest BCUT2D eigenvalue weighted by Gasteiger charge is -2.20. The maximum Gasteiger partial charge on any atom is 0.294 e. The molecule has 1 heterocycles. The summed E-state index contributed by atoms with van der Waals surface area (Å²) in [4.78, 5) is 24.6. The van der Waals surface area contributed by atoms with Crippen LogP contribution in [0.15, 0.2) is 12.1 Å². The predicted molar refractivity (Wildman–Crippen MR) is 79.0 cm³/mol. The molecule has 0 unspecified atom stereocenters. The number of rotatable bonds is 3. The van der Waals surface area contributed by atoms with Crippen molar-refractivity contribution in [2.75, 3.05) is 38.7 Å². The second-order valence-electron chi connectivity index (χ2n) is 4.62. The highest BCUT2D eigenvalue weighted by atomic mass is 35.5. The SMILES string of the molecule is CNc1c(Cl)cc(C(=O)N2CCCOCC2)cc1[N+](=O)[O-]. The Balaban J connectivity index is 2.34. The summed E-state index contributed by atoms with van der Waals surface area (Å²) in [5.41, 5.74) is 0.212. The predicted octanol–water partition coefficient (Wildman–Crippen LogP) is 2.15. The first-order valence-electron chi connectivity index (χ1n) is 6.57. The summed E-state index contributed by atoms with van der Waals surface area (Å²) >= 11 is 6.03. The van der Waals surface area contributed by atoms with Gasteiger partial charge in [0.25, 0.3) is 11.6 Å². The third kappa shape index (κ3) is 3.43. The van der Waals surface area contributed by atoms with Crippen LogP contribution in [0.4, 0.5) is 11.4 Å². The molecule has 8 heteroatoms. The van der Waals surface area contributed by atoms with Gasteiger partial charge in [-0.1, -0.05) is 11.6 Å². The molecule has 1 N–H and O–H groups in total. The van der Waals surface area contributed by atoms with Crippen LogP contribution in [-0.4, -0.2) is 49.1 Å². The second kappa shape index (κ2) is 6.73. The molecule has 2 rings (SSSR count). The quantitative estimate of drug-likeness (QED) is 0.682. The van der Waals surface area contributed by atoms with E-state index in [1.807, 2.05) is 0 Å². The Morgan fingerprint density at radius 3 is 2.86 bits per heavy atom. The van der Waals surface area contributed by atoms with Crippen LogP contribution in [0.2, 0.25) is 5.02 Å². The van der Waals surface area contributed by atoms with Crippen LogP contribution in [0, 0.1) is 10.1 Å². The third-order valence-electron chi connectivity index (χ3n) is 3.27. The molecule has 114 valence electrons. The zero-order valence-corrected chi connectivity index (χ0v) is 12.4. The van der Waals surface area contributed by atoms with E-state index in [1.165, 1.54) is 12.1 Å². The highest BCUT2D eigenvalue weighted by Crippen LogP contribution is 2.33. The Morgan fingerprint density at radius 1 is 1.43 bits per heavy atom. The van der Waals surface area contributed by atoms with Gasteiger partial charge in [-0.2, -0.15) is 0 Å². The van der Waals surface area contributed by atoms with Gasteiger partial charge in [-0.25, -0.2) is 0 Å². The standard InChI is InChI=1S/C13H16ClN3O4/c1-15-12-10(14)7-9(8-11(12)17(19)20)13(18)16-3-2-5-21-6-4-16/h7-8,15H,2-6H2,1H3. The molecular formula is C13H16ClN3O4. The van der Waals surface area contributed by atoms with Crippen LogP contribution in [0.3, 0.4) is 0 Å². The van der Waals surface area contributed by atoms with Crippen molar-refractivity contribution in [3.63, 3.8) is 0 Å². The number of amides is 1. The van der Waals surface area contributed by atoms with Crippen molar-refractivity contribution in [1.82, 2.24) is 4.90 Å². The number of carbonyl (C=O) groups is 1. The van der Waals surface area contributed by atoms with E-state index < -0.39 is 4.92 Å². The molecule has 0 bridgehead atoms. The first kappa shape index (κ1) is 15.5. The van der Waals surface area contributed by atoms with Gasteiger partial charge in [-0.05, 0) is 12.5 Å². The molecule has 1 fully saturated rings. The van der Waals surface area contributed by atoms with E-state index >= 15 is 0 Å². The lowest BCUT2D eigenvalue weighted by Crippen LogP contribution is -2.33. The minimum atomic E-state index is -0.556. The van der Waals surface area contributed by atoms with Gasteiger partial charge in [0.15, 0.2) is 0 Å². The number of benzene rings is 1. The number of anilines is 1. The molecule has 0 spiro atoms. The van der Waals surface area contributed by atoms with Gasteiger partial charge >= 0.3 is 0 Å². The van der Waals surface area contributed by atoms with Crippen LogP contribution in [0.25, 0.3) is 0 Å². The van der Waals surface area contributed by atoms with E-state index in [1.54, 1.807) is 11.9 Å². The van der Waals surface area contributed by atoms with Crippen LogP contribution in [0.5, 0.6) is 0 Å². The van der Waals surface area contributed by atoms with Crippen molar-refractivity contribution >= 4 is 28.9 Å². The van der Waals surface area contributed by atoms with Gasteiger partial charge in [-0.3, -0.25) is 14.9 Å². The fraction of sp³-hybridized carbons (Fsp3) is 0.462. The molecular weight excluding hydrogens is 298 g/mol. The number of nitro groups is 1. The maximum absolute atomic E-state index is 12.4. The lowest BCUT2D eigenvalue weighted by atomic mass is 10.1. The van der Waals surface area contributed by atoms with Gasteiger partial charge in [0, 0.05) is 38.4 Å². The summed E-state index contributed by atoms with van der Waals surface area (Å²) in [5.74, 6) is -0.270. The molecule has 1 aliphatic heterocycles. The summed E-state index contributed by atoms with van der Waals surface area (Å²) in [6, 6.07) is 2.71. The normalized spacial score (nSPS) is 15.4. The van der Waals surface area contributed by atoms with E-state index in [4.69, 9.17) is 16.3 Å². The summed E-state index contributed by atoms with van der Waals surface area (Å²) in [5, 5.41) is 13.9. The van der Waals surface area contributed by atoms with Crippen LogP contribution in [-0.2, 0) is 4.74 Å². The van der Waals surface area contributed by atoms with Gasteiger partial charge < -0.3 is 15.0 Å². The van der Waals surface area contributed by atoms with Gasteiger partial charge in [0.05, 0.1) is 16.6 Å². The minimum absolute atomic E-state index is 0.154. The Kier molecular flexibility index (Phi) is 4.98. The number of nitrogens with zero attached hydrogens (tertiary/aromatic N) is 2. The fourth-order valence-electron chi connectivity index (χ4n) is 2.24. The number of hydrogen-bond donors (Lipinski definition) is 1. The largest absolute Gasteiger partial charge is 0.381 e. The van der Waals surface area contributed by atoms with Crippen LogP contribution >= 0.6 is 11.6 Å². The Hall–Kier alpha value is -1.86. The molecule has 0 aromatic heterocycles. The number of nitrogens with one attached hydrogen (secondary N) is 1. The molecule has 0 saturated carbocycles. The minimum Gasteiger partial charge on any atom is -0.381 e. The summed E-state index contributed by atoms with van der Waals surface area (Å²) in [6.45, 7) is 2.12. The first-order chi connectivity index (χ1) is 10.0. The molecule has 21 heavy (non-hydrogen) atoms. The van der Waals surface area contributed by atoms with Crippen molar-refractivity contribution < 1.29 is 14.5 Å². The Labute approximate surface area is 127 Å². The monoisotopic (exact) mass is 313 g/mol. The molecule has 7 nitrogen and oxygen atoms in total. The van der Waals surface area contributed by atoms with Gasteiger partial charge in [-0.15, -0.1) is 0 Å². The maximum atomic E-state index is 12.4. The van der Waals surface area contributed by atoms with E-state index in [9.17, 15) is 14.9 Å². The number of hydrogen-bond acceptors (Lipinski definition) is 5. The molecule has 1 aromatic carbocycles. The van der Waals surface area contributed by atoms with Crippen molar-refractivity contribution in [2.45, 2.75) is 6.42 Å². The zero-order valence-electron chi connectivity index (χ0n) is 11.6. The van der Waals surface area contributed by atoms with E-state index in [-0.39, 0.29) is 27.9 Å². The summed E-state index contributed by atoms with van der Waals surface area (Å²) in [7, 11) is 1.54. The van der Waals surface area contributed by atoms with Crippen molar-refractivity contribution in [3.8, 4) is 0 Å². The van der Waals surface area contributed by atoms with Crippen LogP contribution < -0.4 is 5.32 Å². The number of halogens is 1. The van der Waals surface area contributed by atoms with E-state index in [2.05, 4.69) is 5.32 Å². The highest BCUT2D eigenvalue weighted by Gasteiger charge is 2.24. The van der Waals surface area contributed by atoms with Gasteiger partial charge in [0.1, 0.15) is 5.69 Å². The zero-order chi connectivity index (χ0) is 15.4. The molecule has 1 amide bonds. The molecule has 0 radical (unpaired) electrons. The topological polar surface area (TPSA) is 84.7 Å². The van der Waals surface area contributed by atoms with Gasteiger partial charge in [0.2, 0.25) is 0 Å². The number of carbonyl (C=O) groups excluding carboxylic acids is 1. The number of nitro benzene ring substituents is 1. The summed E-state index contributed by atoms with van der Waals surface area (Å²) in [6.07, 6.45) is 0.746. The molecule has 1 aliphatic rings. The Bertz CT molecular complexity index is 557. The smallest absolute Gasteiger partial charge is 0.294 e. The molecule has 0 atom stereocenters. The first-order valence-corrected chi connectivity index (χ1v) is 6.95. The lowest BCUT2D eigenvalue weighted by molar-refractivity contribution is -0.384. The van der Waals surface area contributed by atoms with E-state index in [0.717, 1.165) is 6.42 Å². The molecule has 0 aliphatic carbocycles. The molecule has 1 aromatic rings. The average molecular weight is 314 g/mol. The highest BCUT2D eigenvalue weighted by molar-refractivity contribution is 6.34. The van der Waals surface area contributed by atoms with Crippen molar-refractivity contribution in [2.24, 2.45) is 0 Å². The molecule has 1 saturated heterocycles. The van der Waals surface area contributed by atoms with Crippen LogP contribution in [0.1, 0.15) is 16.8 Å². The average Bonchev–Trinajstić information content (AvgIpc) is 2.74. The fourth-order valence-corrected chi connectivity index (χ4v) is 2.55. The second-order valence-corrected chi connectivity index (χ2v) is 5.02. The van der Waals surface area contributed by atoms with E-state index in [0.29, 0.717) is 26.3 Å². The third-order valence-corrected chi connectivity index (χ3v) is 3.57. The Morgan fingerprint density at radius 2 is 2.19 bits per heavy atom. The van der Waals surface area contributed by atoms with Crippen molar-refractivity contribution in [3.05, 3.63) is 32.8 Å². The number of ether oxygens (including phenoxy) is 1.